The number of fused-ring (bicyclic) bond motifs is 1. The molecule has 2 atom stereocenters. The number of rotatable bonds is 6. The van der Waals surface area contributed by atoms with Gasteiger partial charge < -0.3 is 20.3 Å². The molecule has 0 saturated carbocycles. The van der Waals surface area contributed by atoms with E-state index in [0.29, 0.717) is 18.4 Å². The topological polar surface area (TPSA) is 92.9 Å². The highest BCUT2D eigenvalue weighted by atomic mass is 16.5. The first-order valence-corrected chi connectivity index (χ1v) is 11.6. The van der Waals surface area contributed by atoms with E-state index in [-0.39, 0.29) is 35.2 Å². The lowest BCUT2D eigenvalue weighted by atomic mass is 9.89. The number of para-hydroxylation sites is 2. The first-order chi connectivity index (χ1) is 16.9. The Balaban J connectivity index is 1.79. The Morgan fingerprint density at radius 2 is 1.71 bits per heavy atom. The van der Waals surface area contributed by atoms with Crippen molar-refractivity contribution in [3.05, 3.63) is 89.5 Å². The molecule has 2 N–H and O–H groups in total. The van der Waals surface area contributed by atoms with Crippen LogP contribution in [0.3, 0.4) is 0 Å². The molecule has 0 fully saturated rings. The van der Waals surface area contributed by atoms with Gasteiger partial charge in [-0.05, 0) is 55.3 Å². The largest absolute Gasteiger partial charge is 0.496 e. The van der Waals surface area contributed by atoms with Crippen LogP contribution in [0.15, 0.2) is 72.8 Å². The molecular weight excluding hydrogens is 442 g/mol. The summed E-state index contributed by atoms with van der Waals surface area (Å²) in [5.41, 5.74) is 8.47. The fourth-order valence-electron chi connectivity index (χ4n) is 4.74. The molecule has 0 spiro atoms. The molecule has 0 aromatic heterocycles. The van der Waals surface area contributed by atoms with Crippen LogP contribution in [0, 0.1) is 0 Å². The Morgan fingerprint density at radius 3 is 2.37 bits per heavy atom. The number of carbonyl (C=O) groups is 3. The second kappa shape index (κ2) is 10.0. The van der Waals surface area contributed by atoms with Crippen molar-refractivity contribution in [2.24, 2.45) is 5.73 Å². The zero-order valence-electron chi connectivity index (χ0n) is 20.1. The molecule has 3 aromatic carbocycles. The van der Waals surface area contributed by atoms with Gasteiger partial charge in [-0.15, -0.1) is 0 Å². The zero-order valence-corrected chi connectivity index (χ0v) is 20.1. The van der Waals surface area contributed by atoms with Crippen molar-refractivity contribution in [1.29, 1.82) is 0 Å². The van der Waals surface area contributed by atoms with E-state index in [1.165, 1.54) is 19.2 Å². The molecule has 3 amide bonds. The molecule has 1 heterocycles. The summed E-state index contributed by atoms with van der Waals surface area (Å²) in [6, 6.07) is 21.5. The van der Waals surface area contributed by atoms with E-state index in [1.54, 1.807) is 11.0 Å². The van der Waals surface area contributed by atoms with Gasteiger partial charge in [0.15, 0.2) is 0 Å². The Labute approximate surface area is 205 Å². The molecule has 4 rings (SSSR count). The summed E-state index contributed by atoms with van der Waals surface area (Å²) in [6.07, 6.45) is 0.930. The third-order valence-corrected chi connectivity index (χ3v) is 6.41. The Morgan fingerprint density at radius 1 is 1.03 bits per heavy atom. The van der Waals surface area contributed by atoms with Crippen LogP contribution in [0.4, 0.5) is 11.4 Å². The average molecular weight is 472 g/mol. The van der Waals surface area contributed by atoms with Crippen molar-refractivity contribution in [2.45, 2.75) is 38.8 Å². The van der Waals surface area contributed by atoms with Crippen molar-refractivity contribution in [2.75, 3.05) is 16.9 Å². The number of carbonyl (C=O) groups excluding carboxylic acids is 3. The summed E-state index contributed by atoms with van der Waals surface area (Å²) < 4.78 is 5.43. The zero-order chi connectivity index (χ0) is 25.1. The van der Waals surface area contributed by atoms with Gasteiger partial charge in [-0.1, -0.05) is 43.3 Å². The van der Waals surface area contributed by atoms with Gasteiger partial charge in [0.25, 0.3) is 5.91 Å². The van der Waals surface area contributed by atoms with Crippen LogP contribution in [-0.2, 0) is 4.79 Å². The Bertz CT molecular complexity index is 1260. The smallest absolute Gasteiger partial charge is 0.262 e. The number of primary amides is 1. The van der Waals surface area contributed by atoms with Crippen LogP contribution in [0.2, 0.25) is 0 Å². The summed E-state index contributed by atoms with van der Waals surface area (Å²) in [6.45, 7) is 3.83. The summed E-state index contributed by atoms with van der Waals surface area (Å²) in [4.78, 5) is 42.1. The highest BCUT2D eigenvalue weighted by molar-refractivity contribution is 6.10. The van der Waals surface area contributed by atoms with Gasteiger partial charge in [-0.3, -0.25) is 14.4 Å². The summed E-state index contributed by atoms with van der Waals surface area (Å²) in [7, 11) is 1.45. The van der Waals surface area contributed by atoms with Crippen molar-refractivity contribution in [1.82, 2.24) is 0 Å². The minimum atomic E-state index is -0.594. The molecule has 0 bridgehead atoms. The fraction of sp³-hybridized carbons (Fsp3) is 0.250. The van der Waals surface area contributed by atoms with Gasteiger partial charge in [0.2, 0.25) is 11.8 Å². The molecule has 1 aliphatic rings. The molecule has 0 aliphatic carbocycles. The van der Waals surface area contributed by atoms with Gasteiger partial charge in [-0.2, -0.15) is 0 Å². The Kier molecular flexibility index (Phi) is 6.87. The molecule has 0 saturated heterocycles. The van der Waals surface area contributed by atoms with Gasteiger partial charge in [0.1, 0.15) is 5.75 Å². The first kappa shape index (κ1) is 24.0. The lowest BCUT2D eigenvalue weighted by Gasteiger charge is -2.43. The molecule has 3 aromatic rings. The van der Waals surface area contributed by atoms with Crippen LogP contribution < -0.4 is 20.3 Å². The van der Waals surface area contributed by atoms with E-state index in [2.05, 4.69) is 0 Å². The molecule has 0 radical (unpaired) electrons. The summed E-state index contributed by atoms with van der Waals surface area (Å²) in [5, 5.41) is 0. The monoisotopic (exact) mass is 471 g/mol. The number of anilines is 2. The maximum absolute atomic E-state index is 13.8. The number of amides is 3. The van der Waals surface area contributed by atoms with E-state index in [9.17, 15) is 14.4 Å². The first-order valence-electron chi connectivity index (χ1n) is 11.6. The molecule has 35 heavy (non-hydrogen) atoms. The van der Waals surface area contributed by atoms with E-state index in [0.717, 1.165) is 16.9 Å². The number of hydrogen-bond donors (Lipinski definition) is 1. The number of hydrogen-bond acceptors (Lipinski definition) is 4. The molecule has 180 valence electrons. The molecule has 7 nitrogen and oxygen atoms in total. The lowest BCUT2D eigenvalue weighted by molar-refractivity contribution is -0.118. The van der Waals surface area contributed by atoms with Crippen molar-refractivity contribution >= 4 is 29.1 Å². The Hall–Kier alpha value is -4.13. The normalized spacial score (nSPS) is 16.8. The third kappa shape index (κ3) is 4.49. The highest BCUT2D eigenvalue weighted by Gasteiger charge is 2.39. The van der Waals surface area contributed by atoms with Gasteiger partial charge in [-0.25, -0.2) is 0 Å². The molecular formula is C28H29N3O4. The van der Waals surface area contributed by atoms with Gasteiger partial charge in [0, 0.05) is 29.4 Å². The van der Waals surface area contributed by atoms with Crippen LogP contribution in [0.5, 0.6) is 5.75 Å². The summed E-state index contributed by atoms with van der Waals surface area (Å²) >= 11 is 0. The molecule has 0 unspecified atom stereocenters. The second-order valence-electron chi connectivity index (χ2n) is 8.57. The third-order valence-electron chi connectivity index (χ3n) is 6.41. The highest BCUT2D eigenvalue weighted by Crippen LogP contribution is 2.43. The van der Waals surface area contributed by atoms with Crippen LogP contribution in [0.25, 0.3) is 0 Å². The average Bonchev–Trinajstić information content (AvgIpc) is 2.88. The SMILES string of the molecule is CCC(=O)N(c1ccccc1)[C@H]1C[C@@H](C)N(C(=O)c2ccc(C(N)=O)cc2OC)c2ccccc21. The van der Waals surface area contributed by atoms with Crippen LogP contribution in [-0.4, -0.2) is 30.9 Å². The van der Waals surface area contributed by atoms with Crippen molar-refractivity contribution in [3.8, 4) is 5.75 Å². The standard InChI is InChI=1S/C28H29N3O4/c1-4-26(32)31(20-10-6-5-7-11-20)24-16-18(2)30(23-13-9-8-12-21(23)24)28(34)22-15-14-19(27(29)33)17-25(22)35-3/h5-15,17-18,24H,4,16H2,1-3H3,(H2,29,33)/t18-,24+/m1/s1. The van der Waals surface area contributed by atoms with E-state index in [1.807, 2.05) is 73.3 Å². The van der Waals surface area contributed by atoms with Crippen molar-refractivity contribution in [3.63, 3.8) is 0 Å². The maximum atomic E-state index is 13.8. The molecule has 7 heteroatoms. The fourth-order valence-corrected chi connectivity index (χ4v) is 4.74. The molecule has 1 aliphatic heterocycles. The number of benzene rings is 3. The number of ether oxygens (including phenoxy) is 1. The minimum absolute atomic E-state index is 0.0201. The van der Waals surface area contributed by atoms with Crippen LogP contribution >= 0.6 is 0 Å². The minimum Gasteiger partial charge on any atom is -0.496 e. The lowest BCUT2D eigenvalue weighted by Crippen LogP contribution is -2.47. The van der Waals surface area contributed by atoms with Gasteiger partial charge in [0.05, 0.1) is 18.7 Å². The second-order valence-corrected chi connectivity index (χ2v) is 8.57. The van der Waals surface area contributed by atoms with E-state index in [4.69, 9.17) is 10.5 Å². The summed E-state index contributed by atoms with van der Waals surface area (Å²) in [5.74, 6) is -0.537. The number of nitrogens with zero attached hydrogens (tertiary/aromatic N) is 2. The van der Waals surface area contributed by atoms with E-state index >= 15 is 0 Å². The number of nitrogens with two attached hydrogens (primary N) is 1. The number of methoxy groups -OCH3 is 1. The van der Waals surface area contributed by atoms with Crippen molar-refractivity contribution < 1.29 is 19.1 Å². The predicted molar refractivity (Wildman–Crippen MR) is 136 cm³/mol. The van der Waals surface area contributed by atoms with Crippen LogP contribution in [0.1, 0.15) is 59.0 Å². The van der Waals surface area contributed by atoms with Gasteiger partial charge >= 0.3 is 0 Å². The quantitative estimate of drug-likeness (QED) is 0.563. The van der Waals surface area contributed by atoms with E-state index < -0.39 is 5.91 Å². The predicted octanol–water partition coefficient (Wildman–Crippen LogP) is 4.72. The maximum Gasteiger partial charge on any atom is 0.262 e.